The van der Waals surface area contributed by atoms with Gasteiger partial charge in [0, 0.05) is 25.2 Å². The Balaban J connectivity index is 1.90. The lowest BCUT2D eigenvalue weighted by molar-refractivity contribution is 0.104. The molecule has 0 amide bonds. The first-order chi connectivity index (χ1) is 12.6. The van der Waals surface area contributed by atoms with Crippen molar-refractivity contribution in [3.8, 4) is 0 Å². The Bertz CT molecular complexity index is 923. The van der Waals surface area contributed by atoms with Crippen LogP contribution in [0, 0.1) is 0 Å². The molecule has 0 aliphatic rings. The molecule has 0 saturated heterocycles. The molecule has 0 atom stereocenters. The largest absolute Gasteiger partial charge is 0.457 e. The van der Waals surface area contributed by atoms with Crippen molar-refractivity contribution in [1.29, 1.82) is 0 Å². The molecular weight excluding hydrogens is 352 g/mol. The average Bonchev–Trinajstić information content (AvgIpc) is 3.05. The Hall–Kier alpha value is -2.40. The highest BCUT2D eigenvalue weighted by Gasteiger charge is 2.14. The van der Waals surface area contributed by atoms with Gasteiger partial charge in [-0.05, 0) is 47.5 Å². The SMILES string of the molecule is COCc1cc(COC)c(Cl)c(C(=O)/C=C/c2cc3ccccc3o2)c1. The average molecular weight is 371 g/mol. The summed E-state index contributed by atoms with van der Waals surface area (Å²) in [5.41, 5.74) is 2.82. The van der Waals surface area contributed by atoms with Crippen LogP contribution in [0.3, 0.4) is 0 Å². The minimum atomic E-state index is -0.203. The lowest BCUT2D eigenvalue weighted by Gasteiger charge is -2.10. The molecule has 3 rings (SSSR count). The summed E-state index contributed by atoms with van der Waals surface area (Å²) >= 11 is 6.40. The summed E-state index contributed by atoms with van der Waals surface area (Å²) in [6.07, 6.45) is 3.11. The van der Waals surface area contributed by atoms with E-state index in [2.05, 4.69) is 0 Å². The van der Waals surface area contributed by atoms with Crippen LogP contribution in [0.25, 0.3) is 17.0 Å². The summed E-state index contributed by atoms with van der Waals surface area (Å²) in [6.45, 7) is 0.714. The van der Waals surface area contributed by atoms with Crippen molar-refractivity contribution in [2.24, 2.45) is 0 Å². The van der Waals surface area contributed by atoms with E-state index in [9.17, 15) is 4.79 Å². The van der Waals surface area contributed by atoms with Gasteiger partial charge >= 0.3 is 0 Å². The zero-order chi connectivity index (χ0) is 18.5. The number of ketones is 1. The van der Waals surface area contributed by atoms with Gasteiger partial charge in [-0.3, -0.25) is 4.79 Å². The minimum Gasteiger partial charge on any atom is -0.457 e. The maximum atomic E-state index is 12.7. The fourth-order valence-corrected chi connectivity index (χ4v) is 3.03. The first-order valence-corrected chi connectivity index (χ1v) is 8.50. The van der Waals surface area contributed by atoms with Gasteiger partial charge in [-0.1, -0.05) is 29.8 Å². The van der Waals surface area contributed by atoms with E-state index in [1.807, 2.05) is 36.4 Å². The molecule has 0 fully saturated rings. The van der Waals surface area contributed by atoms with Crippen LogP contribution in [0.15, 0.2) is 53.0 Å². The number of carbonyl (C=O) groups excluding carboxylic acids is 1. The third-order valence-electron chi connectivity index (χ3n) is 3.93. The van der Waals surface area contributed by atoms with Crippen LogP contribution in [-0.2, 0) is 22.7 Å². The maximum Gasteiger partial charge on any atom is 0.187 e. The first-order valence-electron chi connectivity index (χ1n) is 8.12. The Morgan fingerprint density at radius 2 is 1.88 bits per heavy atom. The minimum absolute atomic E-state index is 0.203. The number of fused-ring (bicyclic) bond motifs is 1. The van der Waals surface area contributed by atoms with Gasteiger partial charge in [0.2, 0.25) is 0 Å². The molecule has 0 bridgehead atoms. The maximum absolute atomic E-state index is 12.7. The van der Waals surface area contributed by atoms with Gasteiger partial charge in [0.15, 0.2) is 5.78 Å². The number of hydrogen-bond acceptors (Lipinski definition) is 4. The molecule has 2 aromatic carbocycles. The molecule has 0 aliphatic heterocycles. The molecule has 0 unspecified atom stereocenters. The second-order valence-electron chi connectivity index (χ2n) is 5.87. The summed E-state index contributed by atoms with van der Waals surface area (Å²) in [5, 5.41) is 1.38. The zero-order valence-corrected chi connectivity index (χ0v) is 15.4. The topological polar surface area (TPSA) is 48.7 Å². The van der Waals surface area contributed by atoms with E-state index in [-0.39, 0.29) is 5.78 Å². The van der Waals surface area contributed by atoms with Gasteiger partial charge in [-0.25, -0.2) is 0 Å². The summed E-state index contributed by atoms with van der Waals surface area (Å²) in [5.74, 6) is 0.409. The molecule has 4 nitrogen and oxygen atoms in total. The van der Waals surface area contributed by atoms with Gasteiger partial charge in [0.25, 0.3) is 0 Å². The number of allylic oxidation sites excluding steroid dienone is 1. The number of methoxy groups -OCH3 is 2. The number of rotatable bonds is 7. The van der Waals surface area contributed by atoms with Crippen molar-refractivity contribution in [3.05, 3.63) is 76.0 Å². The summed E-state index contributed by atoms with van der Waals surface area (Å²) in [6, 6.07) is 13.2. The van der Waals surface area contributed by atoms with Crippen molar-refractivity contribution in [1.82, 2.24) is 0 Å². The van der Waals surface area contributed by atoms with Crippen LogP contribution in [-0.4, -0.2) is 20.0 Å². The van der Waals surface area contributed by atoms with Crippen molar-refractivity contribution in [3.63, 3.8) is 0 Å². The van der Waals surface area contributed by atoms with E-state index < -0.39 is 0 Å². The summed E-state index contributed by atoms with van der Waals surface area (Å²) in [7, 11) is 3.19. The van der Waals surface area contributed by atoms with Crippen molar-refractivity contribution in [2.75, 3.05) is 14.2 Å². The van der Waals surface area contributed by atoms with E-state index >= 15 is 0 Å². The van der Waals surface area contributed by atoms with Crippen LogP contribution in [0.1, 0.15) is 27.2 Å². The Kier molecular flexibility index (Phi) is 5.89. The fraction of sp³-hybridized carbons (Fsp3) is 0.190. The van der Waals surface area contributed by atoms with Gasteiger partial charge in [0.05, 0.1) is 18.2 Å². The Morgan fingerprint density at radius 3 is 2.62 bits per heavy atom. The van der Waals surface area contributed by atoms with Crippen LogP contribution in [0.2, 0.25) is 5.02 Å². The lowest BCUT2D eigenvalue weighted by atomic mass is 10.0. The number of furan rings is 1. The van der Waals surface area contributed by atoms with Gasteiger partial charge < -0.3 is 13.9 Å². The molecule has 0 N–H and O–H groups in total. The monoisotopic (exact) mass is 370 g/mol. The molecule has 1 aromatic heterocycles. The predicted octanol–water partition coefficient (Wildman–Crippen LogP) is 5.28. The van der Waals surface area contributed by atoms with Crippen molar-refractivity contribution in [2.45, 2.75) is 13.2 Å². The molecule has 0 radical (unpaired) electrons. The third-order valence-corrected chi connectivity index (χ3v) is 4.37. The summed E-state index contributed by atoms with van der Waals surface area (Å²) in [4.78, 5) is 12.7. The third kappa shape index (κ3) is 4.05. The highest BCUT2D eigenvalue weighted by Crippen LogP contribution is 2.26. The van der Waals surface area contributed by atoms with Gasteiger partial charge in [0.1, 0.15) is 11.3 Å². The molecule has 0 saturated carbocycles. The normalized spacial score (nSPS) is 11.5. The molecule has 3 aromatic rings. The van der Waals surface area contributed by atoms with Crippen LogP contribution in [0.4, 0.5) is 0 Å². The molecular formula is C21H19ClO4. The standard InChI is InChI=1S/C21H19ClO4/c1-24-12-14-9-16(13-25-2)21(22)18(10-14)19(23)8-7-17-11-15-5-3-4-6-20(15)26-17/h3-11H,12-13H2,1-2H3/b8-7+. The van der Waals surface area contributed by atoms with Crippen LogP contribution >= 0.6 is 11.6 Å². The second-order valence-corrected chi connectivity index (χ2v) is 6.24. The smallest absolute Gasteiger partial charge is 0.187 e. The van der Waals surface area contributed by atoms with E-state index in [1.54, 1.807) is 26.4 Å². The molecule has 0 aliphatic carbocycles. The number of para-hydroxylation sites is 1. The quantitative estimate of drug-likeness (QED) is 0.419. The molecule has 1 heterocycles. The highest BCUT2D eigenvalue weighted by atomic mass is 35.5. The molecule has 26 heavy (non-hydrogen) atoms. The fourth-order valence-electron chi connectivity index (χ4n) is 2.77. The van der Waals surface area contributed by atoms with Crippen molar-refractivity contribution >= 4 is 34.4 Å². The number of carbonyl (C=O) groups is 1. The first kappa shape index (κ1) is 18.4. The molecule has 134 valence electrons. The molecule has 0 spiro atoms. The van der Waals surface area contributed by atoms with E-state index in [0.29, 0.717) is 29.6 Å². The molecule has 5 heteroatoms. The van der Waals surface area contributed by atoms with Gasteiger partial charge in [-0.2, -0.15) is 0 Å². The van der Waals surface area contributed by atoms with E-state index in [1.165, 1.54) is 6.08 Å². The number of hydrogen-bond donors (Lipinski definition) is 0. The second kappa shape index (κ2) is 8.32. The van der Waals surface area contributed by atoms with E-state index in [4.69, 9.17) is 25.5 Å². The Labute approximate surface area is 157 Å². The highest BCUT2D eigenvalue weighted by molar-refractivity contribution is 6.35. The Morgan fingerprint density at radius 1 is 1.12 bits per heavy atom. The zero-order valence-electron chi connectivity index (χ0n) is 14.6. The lowest BCUT2D eigenvalue weighted by Crippen LogP contribution is -2.03. The van der Waals surface area contributed by atoms with Crippen LogP contribution in [0.5, 0.6) is 0 Å². The predicted molar refractivity (Wildman–Crippen MR) is 102 cm³/mol. The van der Waals surface area contributed by atoms with Crippen LogP contribution < -0.4 is 0 Å². The number of benzene rings is 2. The van der Waals surface area contributed by atoms with Crippen molar-refractivity contribution < 1.29 is 18.7 Å². The van der Waals surface area contributed by atoms with E-state index in [0.717, 1.165) is 22.1 Å². The summed E-state index contributed by atoms with van der Waals surface area (Å²) < 4.78 is 16.0. The number of ether oxygens (including phenoxy) is 2. The van der Waals surface area contributed by atoms with Gasteiger partial charge in [-0.15, -0.1) is 0 Å². The number of halogens is 1.